The third-order valence-corrected chi connectivity index (χ3v) is 7.03. The largest absolute Gasteiger partial charge is 0.325 e. The Bertz CT molecular complexity index is 1070. The first-order valence-corrected chi connectivity index (χ1v) is 11.0. The molecule has 1 aliphatic rings. The predicted molar refractivity (Wildman–Crippen MR) is 113 cm³/mol. The number of nitro benzene ring substituents is 1. The number of nitrogens with zero attached hydrogens (tertiary/aromatic N) is 3. The number of hydrogen-bond donors (Lipinski definition) is 1. The van der Waals surface area contributed by atoms with Crippen molar-refractivity contribution < 1.29 is 18.1 Å². The van der Waals surface area contributed by atoms with Crippen LogP contribution in [0.3, 0.4) is 0 Å². The van der Waals surface area contributed by atoms with E-state index in [2.05, 4.69) is 5.32 Å². The molecule has 0 unspecified atom stereocenters. The Kier molecular flexibility index (Phi) is 6.71. The van der Waals surface area contributed by atoms with Gasteiger partial charge >= 0.3 is 0 Å². The van der Waals surface area contributed by atoms with Crippen LogP contribution in [-0.2, 0) is 14.8 Å². The highest BCUT2D eigenvalue weighted by Gasteiger charge is 2.33. The Balaban J connectivity index is 1.61. The van der Waals surface area contributed by atoms with Gasteiger partial charge in [0.2, 0.25) is 15.9 Å². The molecule has 160 valence electrons. The van der Waals surface area contributed by atoms with Gasteiger partial charge in [-0.3, -0.25) is 19.8 Å². The third-order valence-electron chi connectivity index (χ3n) is 4.85. The molecule has 1 aliphatic heterocycles. The number of para-hydroxylation sites is 1. The second-order valence-corrected chi connectivity index (χ2v) is 9.26. The Hall–Kier alpha value is -2.53. The zero-order valence-corrected chi connectivity index (χ0v) is 17.8. The Morgan fingerprint density at radius 3 is 2.50 bits per heavy atom. The van der Waals surface area contributed by atoms with Gasteiger partial charge in [-0.05, 0) is 30.7 Å². The lowest BCUT2D eigenvalue weighted by Crippen LogP contribution is -2.50. The Labute approximate surface area is 179 Å². The zero-order valence-electron chi connectivity index (χ0n) is 16.2. The van der Waals surface area contributed by atoms with Gasteiger partial charge in [0, 0.05) is 43.0 Å². The highest BCUT2D eigenvalue weighted by Crippen LogP contribution is 2.27. The number of halogens is 1. The van der Waals surface area contributed by atoms with Crippen molar-refractivity contribution in [2.45, 2.75) is 11.8 Å². The van der Waals surface area contributed by atoms with Crippen LogP contribution in [-0.4, -0.2) is 61.2 Å². The molecule has 9 nitrogen and oxygen atoms in total. The first-order chi connectivity index (χ1) is 14.2. The molecule has 0 saturated carbocycles. The molecular formula is C19H21ClN4O5S. The summed E-state index contributed by atoms with van der Waals surface area (Å²) in [6.07, 6.45) is 0. The van der Waals surface area contributed by atoms with Crippen LogP contribution in [0.1, 0.15) is 5.56 Å². The van der Waals surface area contributed by atoms with Gasteiger partial charge in [-0.15, -0.1) is 0 Å². The number of nitro groups is 1. The quantitative estimate of drug-likeness (QED) is 0.532. The maximum Gasteiger partial charge on any atom is 0.289 e. The van der Waals surface area contributed by atoms with Crippen LogP contribution in [0.25, 0.3) is 0 Å². The summed E-state index contributed by atoms with van der Waals surface area (Å²) < 4.78 is 26.9. The maximum absolute atomic E-state index is 12.9. The number of carbonyl (C=O) groups excluding carboxylic acids is 1. The van der Waals surface area contributed by atoms with Crippen molar-refractivity contribution in [3.63, 3.8) is 0 Å². The van der Waals surface area contributed by atoms with E-state index in [-0.39, 0.29) is 30.4 Å². The van der Waals surface area contributed by atoms with Crippen LogP contribution in [0.2, 0.25) is 5.02 Å². The minimum absolute atomic E-state index is 0.103. The predicted octanol–water partition coefficient (Wildman–Crippen LogP) is 2.50. The number of rotatable bonds is 6. The first kappa shape index (κ1) is 22.2. The van der Waals surface area contributed by atoms with Crippen LogP contribution in [0.4, 0.5) is 11.4 Å². The normalized spacial score (nSPS) is 15.7. The van der Waals surface area contributed by atoms with E-state index in [1.165, 1.54) is 28.6 Å². The van der Waals surface area contributed by atoms with Crippen LogP contribution in [0, 0.1) is 17.0 Å². The molecule has 0 radical (unpaired) electrons. The fourth-order valence-electron chi connectivity index (χ4n) is 3.21. The van der Waals surface area contributed by atoms with E-state index >= 15 is 0 Å². The Morgan fingerprint density at radius 2 is 1.83 bits per heavy atom. The van der Waals surface area contributed by atoms with Crippen LogP contribution in [0.15, 0.2) is 47.4 Å². The van der Waals surface area contributed by atoms with E-state index in [1.54, 1.807) is 12.1 Å². The minimum Gasteiger partial charge on any atom is -0.325 e. The summed E-state index contributed by atoms with van der Waals surface area (Å²) in [5.41, 5.74) is 1.06. The molecule has 1 amide bonds. The van der Waals surface area contributed by atoms with Crippen LogP contribution in [0.5, 0.6) is 0 Å². The molecule has 0 bridgehead atoms. The number of nitrogens with one attached hydrogen (secondary N) is 1. The van der Waals surface area contributed by atoms with Gasteiger partial charge in [-0.25, -0.2) is 8.42 Å². The molecule has 11 heteroatoms. The summed E-state index contributed by atoms with van der Waals surface area (Å²) in [7, 11) is -4.00. The SMILES string of the molecule is Cc1ccc(Cl)cc1NC(=O)CN1CCN(S(=O)(=O)c2ccccc2[N+](=O)[O-])CC1. The second-order valence-electron chi connectivity index (χ2n) is 6.91. The topological polar surface area (TPSA) is 113 Å². The van der Waals surface area contributed by atoms with E-state index in [0.29, 0.717) is 23.8 Å². The van der Waals surface area contributed by atoms with Crippen molar-refractivity contribution in [3.05, 3.63) is 63.2 Å². The molecule has 3 rings (SSSR count). The lowest BCUT2D eigenvalue weighted by molar-refractivity contribution is -0.387. The summed E-state index contributed by atoms with van der Waals surface area (Å²) >= 11 is 5.97. The fraction of sp³-hybridized carbons (Fsp3) is 0.316. The molecular weight excluding hydrogens is 432 g/mol. The number of hydrogen-bond acceptors (Lipinski definition) is 6. The summed E-state index contributed by atoms with van der Waals surface area (Å²) in [5, 5.41) is 14.5. The minimum atomic E-state index is -4.00. The summed E-state index contributed by atoms with van der Waals surface area (Å²) in [5.74, 6) is -0.227. The lowest BCUT2D eigenvalue weighted by Gasteiger charge is -2.33. The number of sulfonamides is 1. The summed E-state index contributed by atoms with van der Waals surface area (Å²) in [6, 6.07) is 10.5. The van der Waals surface area contributed by atoms with E-state index < -0.39 is 20.6 Å². The number of carbonyl (C=O) groups is 1. The average Bonchev–Trinajstić information content (AvgIpc) is 2.71. The van der Waals surface area contributed by atoms with Crippen molar-refractivity contribution in [3.8, 4) is 0 Å². The number of benzene rings is 2. The van der Waals surface area contributed by atoms with Gasteiger partial charge in [0.15, 0.2) is 4.90 Å². The van der Waals surface area contributed by atoms with E-state index in [4.69, 9.17) is 11.6 Å². The molecule has 0 aliphatic carbocycles. The van der Waals surface area contributed by atoms with Gasteiger partial charge in [-0.1, -0.05) is 29.8 Å². The van der Waals surface area contributed by atoms with Crippen LogP contribution < -0.4 is 5.32 Å². The number of aryl methyl sites for hydroxylation is 1. The lowest BCUT2D eigenvalue weighted by atomic mass is 10.2. The first-order valence-electron chi connectivity index (χ1n) is 9.20. The van der Waals surface area contributed by atoms with Gasteiger partial charge < -0.3 is 5.32 Å². The molecule has 0 atom stereocenters. The zero-order chi connectivity index (χ0) is 21.9. The smallest absolute Gasteiger partial charge is 0.289 e. The molecule has 1 fully saturated rings. The molecule has 0 aromatic heterocycles. The Morgan fingerprint density at radius 1 is 1.17 bits per heavy atom. The van der Waals surface area contributed by atoms with Crippen molar-refractivity contribution in [2.75, 3.05) is 38.0 Å². The summed E-state index contributed by atoms with van der Waals surface area (Å²) in [6.45, 7) is 2.91. The molecule has 30 heavy (non-hydrogen) atoms. The molecule has 2 aromatic rings. The van der Waals surface area contributed by atoms with Gasteiger partial charge in [0.25, 0.3) is 5.69 Å². The van der Waals surface area contributed by atoms with Gasteiger partial charge in [-0.2, -0.15) is 4.31 Å². The monoisotopic (exact) mass is 452 g/mol. The van der Waals surface area contributed by atoms with E-state index in [0.717, 1.165) is 5.56 Å². The number of amides is 1. The highest BCUT2D eigenvalue weighted by atomic mass is 35.5. The summed E-state index contributed by atoms with van der Waals surface area (Å²) in [4.78, 5) is 24.4. The van der Waals surface area contributed by atoms with Gasteiger partial charge in [0.05, 0.1) is 11.5 Å². The van der Waals surface area contributed by atoms with E-state index in [9.17, 15) is 23.3 Å². The highest BCUT2D eigenvalue weighted by molar-refractivity contribution is 7.89. The number of piperazine rings is 1. The average molecular weight is 453 g/mol. The molecule has 1 N–H and O–H groups in total. The van der Waals surface area contributed by atoms with Crippen molar-refractivity contribution in [1.82, 2.24) is 9.21 Å². The van der Waals surface area contributed by atoms with E-state index in [1.807, 2.05) is 17.9 Å². The third kappa shape index (κ3) is 4.96. The van der Waals surface area contributed by atoms with Crippen molar-refractivity contribution in [2.24, 2.45) is 0 Å². The molecule has 2 aromatic carbocycles. The molecule has 0 spiro atoms. The maximum atomic E-state index is 12.9. The van der Waals surface area contributed by atoms with Crippen molar-refractivity contribution in [1.29, 1.82) is 0 Å². The van der Waals surface area contributed by atoms with Crippen LogP contribution >= 0.6 is 11.6 Å². The van der Waals surface area contributed by atoms with Gasteiger partial charge in [0.1, 0.15) is 0 Å². The fourth-order valence-corrected chi connectivity index (χ4v) is 4.97. The molecule has 1 saturated heterocycles. The number of anilines is 1. The standard InChI is InChI=1S/C19H21ClN4O5S/c1-14-6-7-15(20)12-16(14)21-19(25)13-22-8-10-23(11-9-22)30(28,29)18-5-3-2-4-17(18)24(26)27/h2-7,12H,8-11,13H2,1H3,(H,21,25). The second kappa shape index (κ2) is 9.09. The molecule has 1 heterocycles. The van der Waals surface area contributed by atoms with Crippen molar-refractivity contribution >= 4 is 38.9 Å².